The first-order valence-electron chi connectivity index (χ1n) is 5.04. The summed E-state index contributed by atoms with van der Waals surface area (Å²) in [5, 5.41) is 12.0. The van der Waals surface area contributed by atoms with Crippen molar-refractivity contribution in [3.8, 4) is 0 Å². The standard InChI is InChI=1S/C10H19N3O/c1-9(4-3-7-14)12-8-10-11-5-6-13(10)2/h5-6,9,12,14H,3-4,7-8H2,1-2H3. The molecular formula is C10H19N3O. The van der Waals surface area contributed by atoms with Crippen LogP contribution < -0.4 is 5.32 Å². The van der Waals surface area contributed by atoms with E-state index in [2.05, 4.69) is 17.2 Å². The van der Waals surface area contributed by atoms with Gasteiger partial charge in [0, 0.05) is 32.1 Å². The minimum Gasteiger partial charge on any atom is -0.396 e. The summed E-state index contributed by atoms with van der Waals surface area (Å²) in [4.78, 5) is 4.22. The Morgan fingerprint density at radius 2 is 2.43 bits per heavy atom. The van der Waals surface area contributed by atoms with Crippen LogP contribution in [0, 0.1) is 0 Å². The molecule has 14 heavy (non-hydrogen) atoms. The maximum Gasteiger partial charge on any atom is 0.122 e. The molecular weight excluding hydrogens is 178 g/mol. The van der Waals surface area contributed by atoms with Crippen LogP contribution in [-0.2, 0) is 13.6 Å². The van der Waals surface area contributed by atoms with Crippen molar-refractivity contribution in [2.24, 2.45) is 7.05 Å². The van der Waals surface area contributed by atoms with E-state index in [1.54, 1.807) is 6.20 Å². The molecule has 1 unspecified atom stereocenters. The van der Waals surface area contributed by atoms with Gasteiger partial charge in [-0.1, -0.05) is 0 Å². The zero-order chi connectivity index (χ0) is 10.4. The van der Waals surface area contributed by atoms with E-state index >= 15 is 0 Å². The Kier molecular flexibility index (Phi) is 4.62. The number of hydrogen-bond acceptors (Lipinski definition) is 3. The lowest BCUT2D eigenvalue weighted by Gasteiger charge is -2.12. The van der Waals surface area contributed by atoms with Crippen molar-refractivity contribution in [1.82, 2.24) is 14.9 Å². The highest BCUT2D eigenvalue weighted by atomic mass is 16.2. The van der Waals surface area contributed by atoms with Crippen LogP contribution in [0.15, 0.2) is 12.4 Å². The van der Waals surface area contributed by atoms with Crippen LogP contribution >= 0.6 is 0 Å². The summed E-state index contributed by atoms with van der Waals surface area (Å²) >= 11 is 0. The lowest BCUT2D eigenvalue weighted by molar-refractivity contribution is 0.276. The van der Waals surface area contributed by atoms with Gasteiger partial charge in [0.15, 0.2) is 0 Å². The van der Waals surface area contributed by atoms with E-state index in [0.717, 1.165) is 25.2 Å². The first-order valence-corrected chi connectivity index (χ1v) is 5.04. The number of aliphatic hydroxyl groups is 1. The van der Waals surface area contributed by atoms with Crippen molar-refractivity contribution in [2.45, 2.75) is 32.4 Å². The SMILES string of the molecule is CC(CCCO)NCc1nccn1C. The maximum atomic E-state index is 8.67. The van der Waals surface area contributed by atoms with Crippen molar-refractivity contribution in [3.63, 3.8) is 0 Å². The molecule has 0 amide bonds. The quantitative estimate of drug-likeness (QED) is 0.704. The van der Waals surface area contributed by atoms with Crippen LogP contribution in [0.1, 0.15) is 25.6 Å². The zero-order valence-corrected chi connectivity index (χ0v) is 8.90. The highest BCUT2D eigenvalue weighted by Crippen LogP contribution is 1.98. The molecule has 0 radical (unpaired) electrons. The second-order valence-corrected chi connectivity index (χ2v) is 3.60. The third-order valence-corrected chi connectivity index (χ3v) is 2.32. The van der Waals surface area contributed by atoms with Gasteiger partial charge in [0.25, 0.3) is 0 Å². The van der Waals surface area contributed by atoms with Crippen LogP contribution in [0.5, 0.6) is 0 Å². The van der Waals surface area contributed by atoms with Gasteiger partial charge in [-0.25, -0.2) is 4.98 Å². The van der Waals surface area contributed by atoms with Crippen molar-refractivity contribution in [2.75, 3.05) is 6.61 Å². The fourth-order valence-corrected chi connectivity index (χ4v) is 1.33. The molecule has 1 rings (SSSR count). The Morgan fingerprint density at radius 3 is 3.00 bits per heavy atom. The van der Waals surface area contributed by atoms with E-state index in [0.29, 0.717) is 6.04 Å². The van der Waals surface area contributed by atoms with Crippen LogP contribution in [0.3, 0.4) is 0 Å². The van der Waals surface area contributed by atoms with E-state index in [9.17, 15) is 0 Å². The van der Waals surface area contributed by atoms with Crippen molar-refractivity contribution < 1.29 is 5.11 Å². The van der Waals surface area contributed by atoms with Gasteiger partial charge >= 0.3 is 0 Å². The molecule has 0 spiro atoms. The second-order valence-electron chi connectivity index (χ2n) is 3.60. The summed E-state index contributed by atoms with van der Waals surface area (Å²) in [6, 6.07) is 0.429. The number of aromatic nitrogens is 2. The van der Waals surface area contributed by atoms with Gasteiger partial charge in [-0.15, -0.1) is 0 Å². The second kappa shape index (κ2) is 5.78. The molecule has 4 nitrogen and oxygen atoms in total. The van der Waals surface area contributed by atoms with Gasteiger partial charge in [-0.05, 0) is 19.8 Å². The van der Waals surface area contributed by atoms with Crippen molar-refractivity contribution in [1.29, 1.82) is 0 Å². The Morgan fingerprint density at radius 1 is 1.64 bits per heavy atom. The molecule has 0 saturated heterocycles. The van der Waals surface area contributed by atoms with Crippen LogP contribution in [0.2, 0.25) is 0 Å². The van der Waals surface area contributed by atoms with E-state index in [-0.39, 0.29) is 6.61 Å². The van der Waals surface area contributed by atoms with Crippen molar-refractivity contribution in [3.05, 3.63) is 18.2 Å². The fraction of sp³-hybridized carbons (Fsp3) is 0.700. The molecule has 0 aromatic carbocycles. The molecule has 0 aliphatic rings. The molecule has 1 aromatic heterocycles. The number of hydrogen-bond donors (Lipinski definition) is 2. The summed E-state index contributed by atoms with van der Waals surface area (Å²) in [5.41, 5.74) is 0. The average molecular weight is 197 g/mol. The summed E-state index contributed by atoms with van der Waals surface area (Å²) in [7, 11) is 1.99. The molecule has 0 saturated carbocycles. The molecule has 0 aliphatic carbocycles. The minimum absolute atomic E-state index is 0.272. The van der Waals surface area contributed by atoms with Crippen LogP contribution in [0.4, 0.5) is 0 Å². The van der Waals surface area contributed by atoms with E-state index < -0.39 is 0 Å². The predicted octanol–water partition coefficient (Wildman–Crippen LogP) is 0.671. The lowest BCUT2D eigenvalue weighted by atomic mass is 10.2. The normalized spacial score (nSPS) is 13.1. The fourth-order valence-electron chi connectivity index (χ4n) is 1.33. The van der Waals surface area contributed by atoms with Crippen molar-refractivity contribution >= 4 is 0 Å². The number of imidazole rings is 1. The van der Waals surface area contributed by atoms with Crippen LogP contribution in [0.25, 0.3) is 0 Å². The summed E-state index contributed by atoms with van der Waals surface area (Å²) in [5.74, 6) is 1.04. The Labute approximate surface area is 85.0 Å². The van der Waals surface area contributed by atoms with Gasteiger partial charge in [0.1, 0.15) is 5.82 Å². The number of nitrogens with one attached hydrogen (secondary N) is 1. The van der Waals surface area contributed by atoms with Gasteiger partial charge in [-0.3, -0.25) is 0 Å². The van der Waals surface area contributed by atoms with Gasteiger partial charge < -0.3 is 15.0 Å². The Balaban J connectivity index is 2.23. The number of aryl methyl sites for hydroxylation is 1. The molecule has 0 bridgehead atoms. The first-order chi connectivity index (χ1) is 6.74. The van der Waals surface area contributed by atoms with Gasteiger partial charge in [0.05, 0.1) is 6.54 Å². The first kappa shape index (κ1) is 11.2. The minimum atomic E-state index is 0.272. The smallest absolute Gasteiger partial charge is 0.122 e. The highest BCUT2D eigenvalue weighted by Gasteiger charge is 2.03. The van der Waals surface area contributed by atoms with Gasteiger partial charge in [-0.2, -0.15) is 0 Å². The summed E-state index contributed by atoms with van der Waals surface area (Å²) < 4.78 is 2.01. The monoisotopic (exact) mass is 197 g/mol. The number of nitrogens with zero attached hydrogens (tertiary/aromatic N) is 2. The Bertz CT molecular complexity index is 260. The average Bonchev–Trinajstić information content (AvgIpc) is 2.58. The third-order valence-electron chi connectivity index (χ3n) is 2.32. The lowest BCUT2D eigenvalue weighted by Crippen LogP contribution is -2.26. The molecule has 80 valence electrons. The maximum absolute atomic E-state index is 8.67. The summed E-state index contributed by atoms with van der Waals surface area (Å²) in [6.45, 7) is 3.18. The van der Waals surface area contributed by atoms with E-state index in [1.807, 2.05) is 17.8 Å². The highest BCUT2D eigenvalue weighted by molar-refractivity contribution is 4.90. The Hall–Kier alpha value is -0.870. The van der Waals surface area contributed by atoms with E-state index in [1.165, 1.54) is 0 Å². The van der Waals surface area contributed by atoms with Gasteiger partial charge in [0.2, 0.25) is 0 Å². The molecule has 4 heteroatoms. The molecule has 1 atom stereocenters. The number of aliphatic hydroxyl groups excluding tert-OH is 1. The zero-order valence-electron chi connectivity index (χ0n) is 8.90. The predicted molar refractivity (Wildman–Crippen MR) is 55.8 cm³/mol. The molecule has 1 heterocycles. The largest absolute Gasteiger partial charge is 0.396 e. The third kappa shape index (κ3) is 3.47. The molecule has 2 N–H and O–H groups in total. The molecule has 0 fully saturated rings. The number of rotatable bonds is 6. The topological polar surface area (TPSA) is 50.1 Å². The van der Waals surface area contributed by atoms with E-state index in [4.69, 9.17) is 5.11 Å². The van der Waals surface area contributed by atoms with Crippen LogP contribution in [-0.4, -0.2) is 27.3 Å². The molecule has 1 aromatic rings. The summed E-state index contributed by atoms with van der Waals surface area (Å²) in [6.07, 6.45) is 5.60. The molecule has 0 aliphatic heterocycles.